The van der Waals surface area contributed by atoms with Gasteiger partial charge in [-0.3, -0.25) is 0 Å². The highest BCUT2D eigenvalue weighted by molar-refractivity contribution is 7.92. The van der Waals surface area contributed by atoms with Gasteiger partial charge in [-0.25, -0.2) is 8.42 Å². The van der Waals surface area contributed by atoms with E-state index in [1.807, 2.05) is 24.3 Å². The summed E-state index contributed by atoms with van der Waals surface area (Å²) in [6.07, 6.45) is 0.451. The molecule has 0 saturated carbocycles. The normalized spacial score (nSPS) is 21.7. The molecule has 20 heavy (non-hydrogen) atoms. The lowest BCUT2D eigenvalue weighted by Crippen LogP contribution is -2.30. The third kappa shape index (κ3) is 2.14. The van der Waals surface area contributed by atoms with Crippen molar-refractivity contribution in [1.82, 2.24) is 0 Å². The number of halogens is 1. The molecule has 2 unspecified atom stereocenters. The van der Waals surface area contributed by atoms with E-state index in [0.717, 1.165) is 11.1 Å². The van der Waals surface area contributed by atoms with Gasteiger partial charge >= 0.3 is 0 Å². The molecule has 0 spiro atoms. The summed E-state index contributed by atoms with van der Waals surface area (Å²) in [6.45, 7) is 0. The van der Waals surface area contributed by atoms with E-state index in [-0.39, 0.29) is 4.90 Å². The Morgan fingerprint density at radius 1 is 1.10 bits per heavy atom. The summed E-state index contributed by atoms with van der Waals surface area (Å²) in [5.74, 6) is 0. The Balaban J connectivity index is 2.03. The minimum Gasteiger partial charge on any atom is -0.323 e. The molecule has 0 aliphatic heterocycles. The average molecular weight is 308 g/mol. The Morgan fingerprint density at radius 2 is 1.85 bits per heavy atom. The molecule has 0 bridgehead atoms. The van der Waals surface area contributed by atoms with Gasteiger partial charge in [-0.05, 0) is 35.7 Å². The molecule has 2 aromatic rings. The van der Waals surface area contributed by atoms with Gasteiger partial charge < -0.3 is 5.73 Å². The number of hydrogen-bond donors (Lipinski definition) is 1. The van der Waals surface area contributed by atoms with Gasteiger partial charge in [0.2, 0.25) is 0 Å². The molecule has 1 aliphatic carbocycles. The van der Waals surface area contributed by atoms with Crippen LogP contribution in [0.25, 0.3) is 0 Å². The summed E-state index contributed by atoms with van der Waals surface area (Å²) in [7, 11) is -3.49. The predicted octanol–water partition coefficient (Wildman–Crippen LogP) is 2.74. The van der Waals surface area contributed by atoms with Crippen LogP contribution in [0.5, 0.6) is 0 Å². The number of fused-ring (bicyclic) bond motifs is 1. The summed E-state index contributed by atoms with van der Waals surface area (Å²) in [4.78, 5) is 0.234. The number of benzene rings is 2. The monoisotopic (exact) mass is 307 g/mol. The van der Waals surface area contributed by atoms with E-state index in [4.69, 9.17) is 17.3 Å². The maximum Gasteiger partial charge on any atom is 0.183 e. The van der Waals surface area contributed by atoms with Gasteiger partial charge in [0.15, 0.2) is 9.84 Å². The first-order valence-electron chi connectivity index (χ1n) is 6.33. The molecule has 0 amide bonds. The fourth-order valence-electron chi connectivity index (χ4n) is 2.71. The topological polar surface area (TPSA) is 60.2 Å². The quantitative estimate of drug-likeness (QED) is 0.928. The number of hydrogen-bond acceptors (Lipinski definition) is 3. The van der Waals surface area contributed by atoms with Crippen molar-refractivity contribution < 1.29 is 8.42 Å². The van der Waals surface area contributed by atoms with Crippen LogP contribution >= 0.6 is 11.6 Å². The molecule has 0 radical (unpaired) electrons. The van der Waals surface area contributed by atoms with Gasteiger partial charge in [0.25, 0.3) is 0 Å². The molecule has 2 atom stereocenters. The first-order valence-corrected chi connectivity index (χ1v) is 8.25. The molecule has 3 rings (SSSR count). The van der Waals surface area contributed by atoms with Crippen molar-refractivity contribution in [2.24, 2.45) is 5.73 Å². The maximum absolute atomic E-state index is 12.7. The lowest BCUT2D eigenvalue weighted by atomic mass is 10.1. The standard InChI is InChI=1S/C15H14ClNO2S/c16-11-5-3-6-12(9-11)20(18,19)14-8-10-4-1-2-7-13(10)15(14)17/h1-7,9,14-15H,8,17H2. The number of rotatable bonds is 2. The smallest absolute Gasteiger partial charge is 0.183 e. The summed E-state index contributed by atoms with van der Waals surface area (Å²) >= 11 is 5.89. The molecule has 104 valence electrons. The Hall–Kier alpha value is -1.36. The van der Waals surface area contributed by atoms with Crippen LogP contribution in [0.1, 0.15) is 17.2 Å². The highest BCUT2D eigenvalue weighted by atomic mass is 35.5. The number of sulfone groups is 1. The zero-order valence-electron chi connectivity index (χ0n) is 10.7. The van der Waals surface area contributed by atoms with Gasteiger partial charge in [-0.15, -0.1) is 0 Å². The van der Waals surface area contributed by atoms with Crippen LogP contribution in [0.15, 0.2) is 53.4 Å². The van der Waals surface area contributed by atoms with Crippen molar-refractivity contribution in [3.8, 4) is 0 Å². The number of nitrogens with two attached hydrogens (primary N) is 1. The Bertz CT molecular complexity index is 758. The fraction of sp³-hybridized carbons (Fsp3) is 0.200. The van der Waals surface area contributed by atoms with Crippen molar-refractivity contribution in [2.75, 3.05) is 0 Å². The molecule has 2 aromatic carbocycles. The summed E-state index contributed by atoms with van der Waals surface area (Å²) in [6, 6.07) is 13.5. The predicted molar refractivity (Wildman–Crippen MR) is 79.5 cm³/mol. The largest absolute Gasteiger partial charge is 0.323 e. The zero-order valence-corrected chi connectivity index (χ0v) is 12.2. The second-order valence-corrected chi connectivity index (χ2v) is 7.57. The van der Waals surface area contributed by atoms with Crippen LogP contribution in [0.3, 0.4) is 0 Å². The zero-order chi connectivity index (χ0) is 14.3. The third-order valence-corrected chi connectivity index (χ3v) is 6.16. The van der Waals surface area contributed by atoms with Crippen molar-refractivity contribution in [2.45, 2.75) is 22.6 Å². The van der Waals surface area contributed by atoms with E-state index in [9.17, 15) is 8.42 Å². The van der Waals surface area contributed by atoms with Crippen molar-refractivity contribution >= 4 is 21.4 Å². The van der Waals surface area contributed by atoms with Gasteiger partial charge in [0, 0.05) is 11.1 Å². The van der Waals surface area contributed by atoms with Gasteiger partial charge in [-0.1, -0.05) is 41.9 Å². The van der Waals surface area contributed by atoms with E-state index >= 15 is 0 Å². The van der Waals surface area contributed by atoms with Crippen LogP contribution in [0, 0.1) is 0 Å². The van der Waals surface area contributed by atoms with E-state index < -0.39 is 21.1 Å². The van der Waals surface area contributed by atoms with Gasteiger partial charge in [0.05, 0.1) is 10.1 Å². The average Bonchev–Trinajstić information content (AvgIpc) is 2.77. The molecule has 0 aromatic heterocycles. The molecule has 2 N–H and O–H groups in total. The van der Waals surface area contributed by atoms with Crippen molar-refractivity contribution in [3.05, 3.63) is 64.7 Å². The minimum absolute atomic E-state index is 0.234. The lowest BCUT2D eigenvalue weighted by Gasteiger charge is -2.17. The first-order chi connectivity index (χ1) is 9.50. The molecule has 0 saturated heterocycles. The summed E-state index contributed by atoms with van der Waals surface area (Å²) in [5.41, 5.74) is 8.07. The van der Waals surface area contributed by atoms with Crippen LogP contribution in [0.4, 0.5) is 0 Å². The van der Waals surface area contributed by atoms with E-state index in [1.54, 1.807) is 18.2 Å². The van der Waals surface area contributed by atoms with Crippen molar-refractivity contribution in [1.29, 1.82) is 0 Å². The summed E-state index contributed by atoms with van der Waals surface area (Å²) in [5, 5.41) is -0.214. The van der Waals surface area contributed by atoms with Crippen LogP contribution in [-0.4, -0.2) is 13.7 Å². The van der Waals surface area contributed by atoms with Crippen LogP contribution in [-0.2, 0) is 16.3 Å². The molecular weight excluding hydrogens is 294 g/mol. The Morgan fingerprint density at radius 3 is 2.55 bits per heavy atom. The highest BCUT2D eigenvalue weighted by Gasteiger charge is 2.39. The molecule has 1 aliphatic rings. The van der Waals surface area contributed by atoms with Crippen molar-refractivity contribution in [3.63, 3.8) is 0 Å². The molecule has 5 heteroatoms. The van der Waals surface area contributed by atoms with E-state index in [0.29, 0.717) is 11.4 Å². The van der Waals surface area contributed by atoms with Crippen LogP contribution < -0.4 is 5.73 Å². The third-order valence-electron chi connectivity index (χ3n) is 3.76. The minimum atomic E-state index is -3.49. The fourth-order valence-corrected chi connectivity index (χ4v) is 4.81. The molecule has 3 nitrogen and oxygen atoms in total. The highest BCUT2D eigenvalue weighted by Crippen LogP contribution is 2.36. The lowest BCUT2D eigenvalue weighted by molar-refractivity contribution is 0.565. The Labute approximate surface area is 123 Å². The van der Waals surface area contributed by atoms with Gasteiger partial charge in [-0.2, -0.15) is 0 Å². The summed E-state index contributed by atoms with van der Waals surface area (Å²) < 4.78 is 25.5. The molecule has 0 fully saturated rings. The second kappa shape index (κ2) is 4.88. The second-order valence-electron chi connectivity index (χ2n) is 4.97. The molecular formula is C15H14ClNO2S. The maximum atomic E-state index is 12.7. The SMILES string of the molecule is NC1c2ccccc2CC1S(=O)(=O)c1cccc(Cl)c1. The first kappa shape index (κ1) is 13.6. The van der Waals surface area contributed by atoms with E-state index in [2.05, 4.69) is 0 Å². The van der Waals surface area contributed by atoms with E-state index in [1.165, 1.54) is 6.07 Å². The molecule has 0 heterocycles. The van der Waals surface area contributed by atoms with Crippen LogP contribution in [0.2, 0.25) is 5.02 Å². The Kier molecular flexibility index (Phi) is 3.32. The van der Waals surface area contributed by atoms with Gasteiger partial charge in [0.1, 0.15) is 0 Å².